The summed E-state index contributed by atoms with van der Waals surface area (Å²) in [5.74, 6) is 0.424. The van der Waals surface area contributed by atoms with Gasteiger partial charge < -0.3 is 15.5 Å². The number of nitro benzene ring substituents is 1. The van der Waals surface area contributed by atoms with Crippen LogP contribution in [0.4, 0.5) is 11.4 Å². The first-order valence-corrected chi connectivity index (χ1v) is 10.2. The summed E-state index contributed by atoms with van der Waals surface area (Å²) in [4.78, 5) is 34.0. The van der Waals surface area contributed by atoms with Crippen molar-refractivity contribution in [3.05, 3.63) is 63.9 Å². The minimum atomic E-state index is -0.519. The van der Waals surface area contributed by atoms with Crippen LogP contribution in [0.3, 0.4) is 0 Å². The van der Waals surface area contributed by atoms with Crippen molar-refractivity contribution in [1.82, 2.24) is 14.8 Å². The van der Waals surface area contributed by atoms with E-state index < -0.39 is 10.8 Å². The van der Waals surface area contributed by atoms with Crippen LogP contribution in [-0.4, -0.2) is 37.3 Å². The fraction of sp³-hybridized carbons (Fsp3) is 0.263. The van der Waals surface area contributed by atoms with Crippen molar-refractivity contribution >= 4 is 35.0 Å². The number of thioether (sulfide) groups is 1. The van der Waals surface area contributed by atoms with E-state index in [-0.39, 0.29) is 23.8 Å². The molecule has 0 saturated heterocycles. The highest BCUT2D eigenvalue weighted by Crippen LogP contribution is 2.23. The Morgan fingerprint density at radius 1 is 1.32 bits per heavy atom. The summed E-state index contributed by atoms with van der Waals surface area (Å²) in [6.07, 6.45) is 1.97. The lowest BCUT2D eigenvalue weighted by Crippen LogP contribution is -2.16. The minimum absolute atomic E-state index is 0.00817. The van der Waals surface area contributed by atoms with E-state index in [0.29, 0.717) is 41.0 Å². The average molecular weight is 444 g/mol. The molecule has 2 heterocycles. The Hall–Kier alpha value is -3.67. The van der Waals surface area contributed by atoms with Gasteiger partial charge in [0.1, 0.15) is 11.6 Å². The molecule has 0 radical (unpaired) electrons. The quantitative estimate of drug-likeness (QED) is 0.274. The lowest BCUT2D eigenvalue weighted by Gasteiger charge is -2.10. The van der Waals surface area contributed by atoms with Gasteiger partial charge in [-0.15, -0.1) is 10.2 Å². The lowest BCUT2D eigenvalue weighted by molar-refractivity contribution is -0.384. The van der Waals surface area contributed by atoms with Gasteiger partial charge in [-0.2, -0.15) is 0 Å². The second kappa shape index (κ2) is 9.89. The SMILES string of the molecule is Cc1ccc([N+](=O)[O-])cc1NC(=O)CSc1nnc(CCC(N)=O)n1Cc1ccco1. The van der Waals surface area contributed by atoms with Crippen LogP contribution < -0.4 is 11.1 Å². The van der Waals surface area contributed by atoms with Crippen molar-refractivity contribution in [1.29, 1.82) is 0 Å². The lowest BCUT2D eigenvalue weighted by atomic mass is 10.2. The van der Waals surface area contributed by atoms with Crippen LogP contribution in [-0.2, 0) is 22.6 Å². The average Bonchev–Trinajstić information content (AvgIpc) is 3.37. The number of aromatic nitrogens is 3. The summed E-state index contributed by atoms with van der Waals surface area (Å²) >= 11 is 1.15. The molecule has 0 fully saturated rings. The molecule has 0 atom stereocenters. The third-order valence-electron chi connectivity index (χ3n) is 4.32. The molecular formula is C19H20N6O5S. The number of hydrogen-bond acceptors (Lipinski definition) is 8. The molecule has 12 heteroatoms. The third kappa shape index (κ3) is 5.92. The smallest absolute Gasteiger partial charge is 0.271 e. The summed E-state index contributed by atoms with van der Waals surface area (Å²) < 4.78 is 7.14. The van der Waals surface area contributed by atoms with E-state index in [2.05, 4.69) is 15.5 Å². The van der Waals surface area contributed by atoms with Gasteiger partial charge >= 0.3 is 0 Å². The molecule has 2 aromatic heterocycles. The molecule has 3 aromatic rings. The Labute approximate surface area is 181 Å². The van der Waals surface area contributed by atoms with Crippen LogP contribution in [0.1, 0.15) is 23.6 Å². The van der Waals surface area contributed by atoms with Crippen molar-refractivity contribution in [3.8, 4) is 0 Å². The monoisotopic (exact) mass is 444 g/mol. The zero-order chi connectivity index (χ0) is 22.4. The van der Waals surface area contributed by atoms with Gasteiger partial charge in [-0.1, -0.05) is 17.8 Å². The van der Waals surface area contributed by atoms with E-state index in [1.54, 1.807) is 36.0 Å². The third-order valence-corrected chi connectivity index (χ3v) is 5.29. The van der Waals surface area contributed by atoms with Gasteiger partial charge in [0.05, 0.1) is 29.2 Å². The molecule has 0 spiro atoms. The largest absolute Gasteiger partial charge is 0.467 e. The second-order valence-corrected chi connectivity index (χ2v) is 7.57. The number of benzene rings is 1. The van der Waals surface area contributed by atoms with Crippen LogP contribution in [0.5, 0.6) is 0 Å². The van der Waals surface area contributed by atoms with E-state index in [4.69, 9.17) is 10.2 Å². The molecule has 0 saturated carbocycles. The van der Waals surface area contributed by atoms with E-state index in [1.165, 1.54) is 12.1 Å². The number of nitrogens with zero attached hydrogens (tertiary/aromatic N) is 4. The molecule has 0 unspecified atom stereocenters. The van der Waals surface area contributed by atoms with E-state index in [0.717, 1.165) is 11.8 Å². The maximum atomic E-state index is 12.4. The molecule has 0 aliphatic rings. The van der Waals surface area contributed by atoms with Gasteiger partial charge in [0, 0.05) is 25.0 Å². The molecule has 0 bridgehead atoms. The second-order valence-electron chi connectivity index (χ2n) is 6.62. The molecule has 3 N–H and O–H groups in total. The number of carbonyl (C=O) groups excluding carboxylic acids is 2. The van der Waals surface area contributed by atoms with Crippen LogP contribution >= 0.6 is 11.8 Å². The van der Waals surface area contributed by atoms with Gasteiger partial charge in [0.25, 0.3) is 5.69 Å². The summed E-state index contributed by atoms with van der Waals surface area (Å²) in [6, 6.07) is 7.82. The Morgan fingerprint density at radius 3 is 2.81 bits per heavy atom. The van der Waals surface area contributed by atoms with E-state index in [1.807, 2.05) is 0 Å². The fourth-order valence-corrected chi connectivity index (χ4v) is 3.49. The first-order valence-electron chi connectivity index (χ1n) is 9.24. The number of nitrogens with one attached hydrogen (secondary N) is 1. The van der Waals surface area contributed by atoms with Gasteiger partial charge in [-0.05, 0) is 24.6 Å². The molecule has 31 heavy (non-hydrogen) atoms. The van der Waals surface area contributed by atoms with Gasteiger partial charge in [-0.25, -0.2) is 0 Å². The number of rotatable bonds is 10. The van der Waals surface area contributed by atoms with E-state index >= 15 is 0 Å². The minimum Gasteiger partial charge on any atom is -0.467 e. The molecule has 1 aromatic carbocycles. The molecule has 11 nitrogen and oxygen atoms in total. The first kappa shape index (κ1) is 22.0. The van der Waals surface area contributed by atoms with Gasteiger partial charge in [-0.3, -0.25) is 24.3 Å². The van der Waals surface area contributed by atoms with Crippen LogP contribution in [0.25, 0.3) is 0 Å². The van der Waals surface area contributed by atoms with Crippen LogP contribution in [0, 0.1) is 17.0 Å². The zero-order valence-electron chi connectivity index (χ0n) is 16.6. The van der Waals surface area contributed by atoms with E-state index in [9.17, 15) is 19.7 Å². The molecule has 0 aliphatic heterocycles. The molecule has 162 valence electrons. The number of primary amides is 1. The van der Waals surface area contributed by atoms with Gasteiger partial charge in [0.15, 0.2) is 5.16 Å². The highest BCUT2D eigenvalue weighted by molar-refractivity contribution is 7.99. The highest BCUT2D eigenvalue weighted by atomic mass is 32.2. The predicted octanol–water partition coefficient (Wildman–Crippen LogP) is 2.28. The number of furan rings is 1. The standard InChI is InChI=1S/C19H20N6O5S/c1-12-4-5-13(25(28)29)9-15(12)21-18(27)11-31-19-23-22-17(7-6-16(20)26)24(19)10-14-3-2-8-30-14/h2-5,8-9H,6-7,10-11H2,1H3,(H2,20,26)(H,21,27). The molecule has 0 aliphatic carbocycles. The number of hydrogen-bond donors (Lipinski definition) is 2. The summed E-state index contributed by atoms with van der Waals surface area (Å²) in [7, 11) is 0. The number of nitro groups is 1. The van der Waals surface area contributed by atoms with Crippen molar-refractivity contribution < 1.29 is 18.9 Å². The fourth-order valence-electron chi connectivity index (χ4n) is 2.74. The molecular weight excluding hydrogens is 424 g/mol. The number of amides is 2. The Bertz CT molecular complexity index is 1100. The number of nitrogens with two attached hydrogens (primary N) is 1. The van der Waals surface area contributed by atoms with Crippen molar-refractivity contribution in [3.63, 3.8) is 0 Å². The number of anilines is 1. The first-order chi connectivity index (χ1) is 14.8. The summed E-state index contributed by atoms with van der Waals surface area (Å²) in [5, 5.41) is 22.4. The Morgan fingerprint density at radius 2 is 2.13 bits per heavy atom. The van der Waals surface area contributed by atoms with Crippen molar-refractivity contribution in [2.45, 2.75) is 31.5 Å². The maximum absolute atomic E-state index is 12.4. The predicted molar refractivity (Wildman–Crippen MR) is 113 cm³/mol. The summed E-state index contributed by atoms with van der Waals surface area (Å²) in [6.45, 7) is 2.08. The number of carbonyl (C=O) groups is 2. The summed E-state index contributed by atoms with van der Waals surface area (Å²) in [5.41, 5.74) is 6.21. The molecule has 3 rings (SSSR count). The Balaban J connectivity index is 1.70. The normalized spacial score (nSPS) is 10.7. The van der Waals surface area contributed by atoms with Crippen molar-refractivity contribution in [2.75, 3.05) is 11.1 Å². The highest BCUT2D eigenvalue weighted by Gasteiger charge is 2.17. The van der Waals surface area contributed by atoms with Gasteiger partial charge in [0.2, 0.25) is 11.8 Å². The maximum Gasteiger partial charge on any atom is 0.271 e. The molecule has 2 amide bonds. The number of non-ortho nitro benzene ring substituents is 1. The zero-order valence-corrected chi connectivity index (χ0v) is 17.4. The van der Waals surface area contributed by atoms with Crippen molar-refractivity contribution in [2.24, 2.45) is 5.73 Å². The van der Waals surface area contributed by atoms with Crippen LogP contribution in [0.15, 0.2) is 46.2 Å². The Kier molecular flexibility index (Phi) is 7.03. The van der Waals surface area contributed by atoms with Crippen LogP contribution in [0.2, 0.25) is 0 Å². The topological polar surface area (TPSA) is 159 Å². The number of aryl methyl sites for hydroxylation is 2.